The van der Waals surface area contributed by atoms with Gasteiger partial charge in [0, 0.05) is 5.39 Å². The molecule has 4 unspecified atom stereocenters. The third-order valence-corrected chi connectivity index (χ3v) is 6.45. The third-order valence-electron chi connectivity index (χ3n) is 6.45. The van der Waals surface area contributed by atoms with E-state index in [0.29, 0.717) is 11.3 Å². The molecule has 2 aromatic rings. The topological polar surface area (TPSA) is 23.8 Å². The fraction of sp³-hybridized carbons (Fsp3) is 0.500. The van der Waals surface area contributed by atoms with Gasteiger partial charge in [0.15, 0.2) is 0 Å². The van der Waals surface area contributed by atoms with Crippen LogP contribution in [-0.4, -0.2) is 0 Å². The van der Waals surface area contributed by atoms with Crippen molar-refractivity contribution >= 4 is 10.8 Å². The highest BCUT2D eigenvalue weighted by Crippen LogP contribution is 2.47. The Morgan fingerprint density at radius 1 is 1.00 bits per heavy atom. The first-order chi connectivity index (χ1) is 11.7. The maximum Gasteiger partial charge on any atom is 0.148 e. The van der Waals surface area contributed by atoms with Gasteiger partial charge in [0.2, 0.25) is 0 Å². The molecule has 4 atom stereocenters. The van der Waals surface area contributed by atoms with Crippen molar-refractivity contribution in [1.29, 1.82) is 5.26 Å². The van der Waals surface area contributed by atoms with Crippen LogP contribution in [0.1, 0.15) is 62.5 Å². The maximum absolute atomic E-state index is 14.3. The Morgan fingerprint density at radius 3 is 2.62 bits per heavy atom. The standard InChI is InChI=1S/C22H24FN/c1-14-2-3-16-11-17(5-4-15(16)10-14)18-8-9-21-19(12-18)6-7-20(13-24)22(21)23/h6-9,12,14-17H,2-5,10-11H2,1H3. The zero-order valence-electron chi connectivity index (χ0n) is 14.3. The van der Waals surface area contributed by atoms with Crippen LogP contribution in [0.3, 0.4) is 0 Å². The zero-order valence-corrected chi connectivity index (χ0v) is 14.3. The Kier molecular flexibility index (Phi) is 4.04. The number of nitriles is 1. The van der Waals surface area contributed by atoms with E-state index in [0.717, 1.165) is 23.1 Å². The number of nitrogens with zero attached hydrogens (tertiary/aromatic N) is 1. The summed E-state index contributed by atoms with van der Waals surface area (Å²) in [6.07, 6.45) is 8.08. The summed E-state index contributed by atoms with van der Waals surface area (Å²) in [7, 11) is 0. The van der Waals surface area contributed by atoms with Crippen LogP contribution in [0.2, 0.25) is 0 Å². The summed E-state index contributed by atoms with van der Waals surface area (Å²) in [5.74, 6) is 2.95. The van der Waals surface area contributed by atoms with Gasteiger partial charge in [0.25, 0.3) is 0 Å². The van der Waals surface area contributed by atoms with Gasteiger partial charge < -0.3 is 0 Å². The minimum Gasteiger partial charge on any atom is -0.205 e. The molecule has 0 saturated heterocycles. The lowest BCUT2D eigenvalue weighted by atomic mass is 9.64. The van der Waals surface area contributed by atoms with Crippen molar-refractivity contribution in [3.8, 4) is 6.07 Å². The second kappa shape index (κ2) is 6.20. The SMILES string of the molecule is CC1CCC2CC(c3ccc4c(F)c(C#N)ccc4c3)CCC2C1. The molecule has 0 radical (unpaired) electrons. The van der Waals surface area contributed by atoms with Crippen LogP contribution < -0.4 is 0 Å². The molecule has 0 N–H and O–H groups in total. The molecule has 0 aromatic heterocycles. The molecule has 2 heteroatoms. The molecule has 2 fully saturated rings. The van der Waals surface area contributed by atoms with Crippen LogP contribution in [-0.2, 0) is 0 Å². The van der Waals surface area contributed by atoms with Crippen molar-refractivity contribution in [3.63, 3.8) is 0 Å². The smallest absolute Gasteiger partial charge is 0.148 e. The van der Waals surface area contributed by atoms with E-state index >= 15 is 0 Å². The summed E-state index contributed by atoms with van der Waals surface area (Å²) in [5, 5.41) is 10.5. The van der Waals surface area contributed by atoms with Crippen LogP contribution in [0.4, 0.5) is 4.39 Å². The van der Waals surface area contributed by atoms with Crippen molar-refractivity contribution in [2.75, 3.05) is 0 Å². The second-order valence-electron chi connectivity index (χ2n) is 7.97. The molecule has 124 valence electrons. The first-order valence-corrected chi connectivity index (χ1v) is 9.28. The molecule has 1 nitrogen and oxygen atoms in total. The summed E-state index contributed by atoms with van der Waals surface area (Å²) in [4.78, 5) is 0. The van der Waals surface area contributed by atoms with Crippen LogP contribution in [0, 0.1) is 34.9 Å². The number of hydrogen-bond donors (Lipinski definition) is 0. The fourth-order valence-electron chi connectivity index (χ4n) is 5.08. The number of halogens is 1. The maximum atomic E-state index is 14.3. The lowest BCUT2D eigenvalue weighted by molar-refractivity contribution is 0.124. The number of benzene rings is 2. The number of rotatable bonds is 1. The summed E-state index contributed by atoms with van der Waals surface area (Å²) in [6.45, 7) is 2.40. The van der Waals surface area contributed by atoms with Crippen LogP contribution in [0.15, 0.2) is 30.3 Å². The molecule has 24 heavy (non-hydrogen) atoms. The highest BCUT2D eigenvalue weighted by Gasteiger charge is 2.34. The van der Waals surface area contributed by atoms with Gasteiger partial charge in [-0.1, -0.05) is 37.6 Å². The Bertz CT molecular complexity index is 803. The van der Waals surface area contributed by atoms with Crippen molar-refractivity contribution < 1.29 is 4.39 Å². The van der Waals surface area contributed by atoms with E-state index in [1.807, 2.05) is 18.2 Å². The second-order valence-corrected chi connectivity index (χ2v) is 7.97. The molecule has 0 spiro atoms. The molecule has 0 amide bonds. The largest absolute Gasteiger partial charge is 0.205 e. The van der Waals surface area contributed by atoms with Gasteiger partial charge in [-0.3, -0.25) is 0 Å². The number of fused-ring (bicyclic) bond motifs is 2. The Labute approximate surface area is 143 Å². The molecule has 2 saturated carbocycles. The summed E-state index contributed by atoms with van der Waals surface area (Å²) < 4.78 is 14.3. The van der Waals surface area contributed by atoms with Gasteiger partial charge in [-0.25, -0.2) is 4.39 Å². The van der Waals surface area contributed by atoms with Crippen LogP contribution in [0.25, 0.3) is 10.8 Å². The third kappa shape index (κ3) is 2.71. The van der Waals surface area contributed by atoms with E-state index in [-0.39, 0.29) is 11.4 Å². The minimum absolute atomic E-state index is 0.132. The van der Waals surface area contributed by atoms with Crippen molar-refractivity contribution in [2.45, 2.75) is 51.4 Å². The summed E-state index contributed by atoms with van der Waals surface area (Å²) >= 11 is 0. The minimum atomic E-state index is -0.383. The molecule has 0 bridgehead atoms. The predicted octanol–water partition coefficient (Wildman–Crippen LogP) is 6.17. The highest BCUT2D eigenvalue weighted by atomic mass is 19.1. The fourth-order valence-corrected chi connectivity index (χ4v) is 5.08. The van der Waals surface area contributed by atoms with Crippen molar-refractivity contribution in [2.24, 2.45) is 17.8 Å². The van der Waals surface area contributed by atoms with E-state index in [4.69, 9.17) is 5.26 Å². The van der Waals surface area contributed by atoms with Gasteiger partial charge in [-0.05, 0) is 72.8 Å². The van der Waals surface area contributed by atoms with Gasteiger partial charge in [-0.15, -0.1) is 0 Å². The molecule has 2 aliphatic carbocycles. The molecular weight excluding hydrogens is 297 g/mol. The van der Waals surface area contributed by atoms with E-state index < -0.39 is 0 Å². The first-order valence-electron chi connectivity index (χ1n) is 9.28. The van der Waals surface area contributed by atoms with Crippen LogP contribution in [0.5, 0.6) is 0 Å². The monoisotopic (exact) mass is 321 g/mol. The summed E-state index contributed by atoms with van der Waals surface area (Å²) in [6, 6.07) is 11.5. The first kappa shape index (κ1) is 15.6. The molecule has 4 rings (SSSR count). The summed E-state index contributed by atoms with van der Waals surface area (Å²) in [5.41, 5.74) is 1.48. The van der Waals surface area contributed by atoms with Crippen molar-refractivity contribution in [1.82, 2.24) is 0 Å². The van der Waals surface area contributed by atoms with E-state index in [2.05, 4.69) is 19.1 Å². The molecular formula is C22H24FN. The quantitative estimate of drug-likeness (QED) is 0.616. The van der Waals surface area contributed by atoms with Gasteiger partial charge in [0.05, 0.1) is 5.56 Å². The van der Waals surface area contributed by atoms with E-state index in [9.17, 15) is 4.39 Å². The van der Waals surface area contributed by atoms with E-state index in [1.165, 1.54) is 44.1 Å². The normalized spacial score (nSPS) is 29.9. The van der Waals surface area contributed by atoms with Gasteiger partial charge in [0.1, 0.15) is 11.9 Å². The Hall–Kier alpha value is -1.88. The predicted molar refractivity (Wildman–Crippen MR) is 95.2 cm³/mol. The Morgan fingerprint density at radius 2 is 1.79 bits per heavy atom. The van der Waals surface area contributed by atoms with Crippen molar-refractivity contribution in [3.05, 3.63) is 47.3 Å². The zero-order chi connectivity index (χ0) is 16.7. The number of hydrogen-bond acceptors (Lipinski definition) is 1. The lowest BCUT2D eigenvalue weighted by Crippen LogP contribution is -2.29. The van der Waals surface area contributed by atoms with Crippen LogP contribution >= 0.6 is 0 Å². The molecule has 0 aliphatic heterocycles. The van der Waals surface area contributed by atoms with E-state index in [1.54, 1.807) is 6.07 Å². The average molecular weight is 321 g/mol. The molecule has 2 aromatic carbocycles. The Balaban J connectivity index is 1.60. The average Bonchev–Trinajstić information content (AvgIpc) is 2.61. The van der Waals surface area contributed by atoms with Gasteiger partial charge >= 0.3 is 0 Å². The highest BCUT2D eigenvalue weighted by molar-refractivity contribution is 5.85. The lowest BCUT2D eigenvalue weighted by Gasteiger charge is -2.41. The van der Waals surface area contributed by atoms with Gasteiger partial charge in [-0.2, -0.15) is 5.26 Å². The molecule has 0 heterocycles. The molecule has 2 aliphatic rings.